The number of benzene rings is 1. The van der Waals surface area contributed by atoms with Crippen LogP contribution in [0, 0.1) is 5.92 Å². The average molecular weight is 273 g/mol. The molecule has 0 radical (unpaired) electrons. The summed E-state index contributed by atoms with van der Waals surface area (Å²) < 4.78 is 5.86. The van der Waals surface area contributed by atoms with Gasteiger partial charge < -0.3 is 14.7 Å². The van der Waals surface area contributed by atoms with E-state index in [-0.39, 0.29) is 23.6 Å². The molecule has 0 saturated heterocycles. The van der Waals surface area contributed by atoms with Crippen molar-refractivity contribution in [3.8, 4) is 11.5 Å². The molecule has 0 aromatic heterocycles. The summed E-state index contributed by atoms with van der Waals surface area (Å²) in [5.74, 6) is 1.51. The Hall–Kier alpha value is -1.55. The Bertz CT molecular complexity index is 596. The number of nitrogens with zero attached hydrogens (tertiary/aromatic N) is 1. The van der Waals surface area contributed by atoms with E-state index < -0.39 is 0 Å². The quantitative estimate of drug-likeness (QED) is 0.846. The molecule has 0 unspecified atom stereocenters. The number of hydrogen-bond acceptors (Lipinski definition) is 4. The van der Waals surface area contributed by atoms with Gasteiger partial charge >= 0.3 is 0 Å². The number of phenols is 1. The summed E-state index contributed by atoms with van der Waals surface area (Å²) >= 11 is 0. The number of carbonyl (C=O) groups excluding carboxylic acids is 1. The highest BCUT2D eigenvalue weighted by Crippen LogP contribution is 2.56. The third kappa shape index (κ3) is 1.43. The van der Waals surface area contributed by atoms with Gasteiger partial charge in [-0.25, -0.2) is 0 Å². The van der Waals surface area contributed by atoms with Crippen molar-refractivity contribution in [1.29, 1.82) is 0 Å². The van der Waals surface area contributed by atoms with Gasteiger partial charge in [0.25, 0.3) is 0 Å². The third-order valence-corrected chi connectivity index (χ3v) is 5.26. The number of aromatic hydroxyl groups is 1. The Balaban J connectivity index is 1.90. The minimum absolute atomic E-state index is 0.134. The van der Waals surface area contributed by atoms with Gasteiger partial charge in [0.05, 0.1) is 0 Å². The van der Waals surface area contributed by atoms with Crippen LogP contribution in [0.15, 0.2) is 12.1 Å². The van der Waals surface area contributed by atoms with E-state index in [9.17, 15) is 9.90 Å². The predicted molar refractivity (Wildman–Crippen MR) is 74.2 cm³/mol. The van der Waals surface area contributed by atoms with Crippen LogP contribution < -0.4 is 4.74 Å². The van der Waals surface area contributed by atoms with Gasteiger partial charge in [0.1, 0.15) is 0 Å². The zero-order valence-electron chi connectivity index (χ0n) is 11.8. The third-order valence-electron chi connectivity index (χ3n) is 5.26. The van der Waals surface area contributed by atoms with E-state index in [0.29, 0.717) is 24.1 Å². The molecule has 3 aliphatic rings. The zero-order valence-corrected chi connectivity index (χ0v) is 11.8. The van der Waals surface area contributed by atoms with E-state index in [0.717, 1.165) is 18.4 Å². The highest BCUT2D eigenvalue weighted by molar-refractivity contribution is 5.87. The Morgan fingerprint density at radius 3 is 2.90 bits per heavy atom. The zero-order chi connectivity index (χ0) is 14.0. The molecule has 4 rings (SSSR count). The lowest BCUT2D eigenvalue weighted by atomic mass is 9.65. The number of likely N-dealkylation sites (N-methyl/N-ethyl adjacent to an activating group) is 1. The molecule has 1 aliphatic heterocycles. The molecule has 1 heterocycles. The lowest BCUT2D eigenvalue weighted by molar-refractivity contribution is -0.130. The van der Waals surface area contributed by atoms with Gasteiger partial charge in [0.15, 0.2) is 23.4 Å². The van der Waals surface area contributed by atoms with Crippen LogP contribution in [0.25, 0.3) is 0 Å². The number of Topliss-reactive ketones (excluding diaryl/α,β-unsaturated/α-hetero) is 1. The molecule has 1 fully saturated rings. The van der Waals surface area contributed by atoms with Crippen LogP contribution in [0.1, 0.15) is 29.9 Å². The maximum Gasteiger partial charge on any atom is 0.173 e. The molecule has 2 aliphatic carbocycles. The number of phenolic OH excluding ortho intramolecular Hbond substituents is 1. The van der Waals surface area contributed by atoms with Crippen LogP contribution in [0.4, 0.5) is 0 Å². The first-order valence-corrected chi connectivity index (χ1v) is 7.28. The molecular formula is C16H19NO3. The van der Waals surface area contributed by atoms with E-state index in [4.69, 9.17) is 4.74 Å². The van der Waals surface area contributed by atoms with E-state index in [1.807, 2.05) is 6.07 Å². The lowest BCUT2D eigenvalue weighted by Gasteiger charge is -2.43. The van der Waals surface area contributed by atoms with Crippen LogP contribution in [-0.4, -0.2) is 42.0 Å². The largest absolute Gasteiger partial charge is 0.504 e. The number of ketones is 1. The van der Waals surface area contributed by atoms with Crippen molar-refractivity contribution in [3.63, 3.8) is 0 Å². The fourth-order valence-corrected chi connectivity index (χ4v) is 4.36. The molecule has 1 N–H and O–H groups in total. The van der Waals surface area contributed by atoms with Gasteiger partial charge in [-0.3, -0.25) is 4.79 Å². The predicted octanol–water partition coefficient (Wildman–Crippen LogP) is 1.70. The van der Waals surface area contributed by atoms with Gasteiger partial charge in [0.2, 0.25) is 0 Å². The van der Waals surface area contributed by atoms with Crippen molar-refractivity contribution in [2.75, 3.05) is 14.1 Å². The second-order valence-electron chi connectivity index (χ2n) is 6.45. The van der Waals surface area contributed by atoms with Gasteiger partial charge in [-0.05, 0) is 44.5 Å². The van der Waals surface area contributed by atoms with Crippen molar-refractivity contribution in [3.05, 3.63) is 23.3 Å². The molecule has 1 saturated carbocycles. The van der Waals surface area contributed by atoms with Gasteiger partial charge in [-0.15, -0.1) is 0 Å². The summed E-state index contributed by atoms with van der Waals surface area (Å²) in [4.78, 5) is 14.5. The molecule has 1 aromatic carbocycles. The van der Waals surface area contributed by atoms with E-state index >= 15 is 0 Å². The van der Waals surface area contributed by atoms with Gasteiger partial charge in [-0.2, -0.15) is 0 Å². The van der Waals surface area contributed by atoms with Crippen molar-refractivity contribution < 1.29 is 14.6 Å². The van der Waals surface area contributed by atoms with Crippen molar-refractivity contribution in [2.24, 2.45) is 5.92 Å². The molecule has 106 valence electrons. The molecule has 1 aromatic rings. The number of hydrogen-bond donors (Lipinski definition) is 1. The van der Waals surface area contributed by atoms with Crippen molar-refractivity contribution >= 4 is 5.78 Å². The SMILES string of the molecule is CN(C)[C@@H]1Cc2ccc(O)c3c2[C@@H]2[C@H]1CCC(=O)[C@@H]2O3. The van der Waals surface area contributed by atoms with E-state index in [2.05, 4.69) is 19.0 Å². The molecule has 0 amide bonds. The smallest absolute Gasteiger partial charge is 0.173 e. The summed E-state index contributed by atoms with van der Waals surface area (Å²) in [5, 5.41) is 10.0. The highest BCUT2D eigenvalue weighted by Gasteiger charge is 2.53. The topological polar surface area (TPSA) is 49.8 Å². The molecule has 0 spiro atoms. The number of carbonyl (C=O) groups is 1. The van der Waals surface area contributed by atoms with Crippen molar-refractivity contribution in [2.45, 2.75) is 37.3 Å². The Morgan fingerprint density at radius 1 is 1.35 bits per heavy atom. The van der Waals surface area contributed by atoms with Gasteiger partial charge in [0, 0.05) is 23.9 Å². The fraction of sp³-hybridized carbons (Fsp3) is 0.562. The standard InChI is InChI=1S/C16H19NO3/c1-17(2)10-7-8-3-5-11(18)15-13(8)14-9(10)4-6-12(19)16(14)20-15/h3,5,9-10,14,16,18H,4,6-7H2,1-2H3/t9-,10+,14-,16-/m0/s1. The minimum atomic E-state index is -0.376. The second kappa shape index (κ2) is 3.98. The van der Waals surface area contributed by atoms with E-state index in [1.165, 1.54) is 5.56 Å². The Kier molecular flexibility index (Phi) is 2.43. The van der Waals surface area contributed by atoms with E-state index in [1.54, 1.807) is 6.07 Å². The molecule has 4 atom stereocenters. The normalized spacial score (nSPS) is 34.0. The van der Waals surface area contributed by atoms with Crippen LogP contribution in [0.3, 0.4) is 0 Å². The molecule has 20 heavy (non-hydrogen) atoms. The molecular weight excluding hydrogens is 254 g/mol. The maximum absolute atomic E-state index is 12.2. The van der Waals surface area contributed by atoms with Crippen LogP contribution >= 0.6 is 0 Å². The van der Waals surface area contributed by atoms with Crippen LogP contribution in [0.5, 0.6) is 11.5 Å². The fourth-order valence-electron chi connectivity index (χ4n) is 4.36. The summed E-state index contributed by atoms with van der Waals surface area (Å²) in [6.07, 6.45) is 2.13. The first-order valence-electron chi connectivity index (χ1n) is 7.28. The van der Waals surface area contributed by atoms with Crippen LogP contribution in [-0.2, 0) is 11.2 Å². The summed E-state index contributed by atoms with van der Waals surface area (Å²) in [6, 6.07) is 4.14. The molecule has 0 bridgehead atoms. The molecule has 4 nitrogen and oxygen atoms in total. The highest BCUT2D eigenvalue weighted by atomic mass is 16.5. The van der Waals surface area contributed by atoms with Crippen molar-refractivity contribution in [1.82, 2.24) is 4.90 Å². The summed E-state index contributed by atoms with van der Waals surface area (Å²) in [6.45, 7) is 0. The maximum atomic E-state index is 12.2. The Labute approximate surface area is 118 Å². The second-order valence-corrected chi connectivity index (χ2v) is 6.45. The van der Waals surface area contributed by atoms with Gasteiger partial charge in [-0.1, -0.05) is 6.07 Å². The number of rotatable bonds is 1. The lowest BCUT2D eigenvalue weighted by Crippen LogP contribution is -2.49. The summed E-state index contributed by atoms with van der Waals surface area (Å²) in [5.41, 5.74) is 2.33. The first kappa shape index (κ1) is 12.2. The Morgan fingerprint density at radius 2 is 2.15 bits per heavy atom. The molecule has 4 heteroatoms. The monoisotopic (exact) mass is 273 g/mol. The first-order chi connectivity index (χ1) is 9.58. The minimum Gasteiger partial charge on any atom is -0.504 e. The summed E-state index contributed by atoms with van der Waals surface area (Å²) in [7, 11) is 4.22. The number of ether oxygens (including phenoxy) is 1. The average Bonchev–Trinajstić information content (AvgIpc) is 2.83. The van der Waals surface area contributed by atoms with Crippen LogP contribution in [0.2, 0.25) is 0 Å².